The van der Waals surface area contributed by atoms with E-state index in [1.54, 1.807) is 0 Å². The van der Waals surface area contributed by atoms with E-state index in [-0.39, 0.29) is 12.5 Å². The van der Waals surface area contributed by atoms with Crippen molar-refractivity contribution >= 4 is 12.0 Å². The lowest BCUT2D eigenvalue weighted by Gasteiger charge is -2.06. The molecule has 0 aromatic rings. The normalized spacial score (nSPS) is 17.7. The van der Waals surface area contributed by atoms with Gasteiger partial charge in [0, 0.05) is 17.5 Å². The monoisotopic (exact) mass is 147 g/mol. The Balaban J connectivity index is 2.55. The predicted molar refractivity (Wildman–Crippen MR) is 28.5 cm³/mol. The Labute approximate surface area is 56.5 Å². The Hall–Kier alpha value is -1.13. The van der Waals surface area contributed by atoms with E-state index in [0.29, 0.717) is 12.8 Å². The molecule has 0 saturated carbocycles. The molecule has 56 valence electrons. The van der Waals surface area contributed by atoms with Crippen LogP contribution in [0.3, 0.4) is 0 Å². The first-order valence-corrected chi connectivity index (χ1v) is 2.88. The molecule has 0 aromatic carbocycles. The molecule has 0 aliphatic carbocycles. The van der Waals surface area contributed by atoms with Gasteiger partial charge in [0.15, 0.2) is 0 Å². The number of hydrogen-bond donors (Lipinski definition) is 0. The highest BCUT2D eigenvalue weighted by atomic mass is 19.3. The van der Waals surface area contributed by atoms with Gasteiger partial charge in [-0.2, -0.15) is 0 Å². The Bertz CT molecular complexity index is 170. The first kappa shape index (κ1) is 6.98. The number of likely N-dealkylation sites (tertiary alicyclic amines) is 1. The van der Waals surface area contributed by atoms with E-state index in [4.69, 9.17) is 0 Å². The standard InChI is InChI=1S/C5H6FNO3/c6-10-5(9)7-3-1-2-4(7)8/h1-3H2. The van der Waals surface area contributed by atoms with Gasteiger partial charge in [-0.3, -0.25) is 4.79 Å². The van der Waals surface area contributed by atoms with E-state index in [1.807, 2.05) is 0 Å². The molecule has 0 radical (unpaired) electrons. The average Bonchev–Trinajstić information content (AvgIpc) is 2.34. The fourth-order valence-corrected chi connectivity index (χ4v) is 0.883. The van der Waals surface area contributed by atoms with Crippen LogP contribution in [0.25, 0.3) is 0 Å². The summed E-state index contributed by atoms with van der Waals surface area (Å²) in [6.45, 7) is 0.265. The molecule has 1 fully saturated rings. The highest BCUT2D eigenvalue weighted by Gasteiger charge is 2.27. The van der Waals surface area contributed by atoms with Crippen molar-refractivity contribution in [2.24, 2.45) is 0 Å². The van der Waals surface area contributed by atoms with Crippen molar-refractivity contribution in [2.45, 2.75) is 12.8 Å². The Morgan fingerprint density at radius 3 is 2.80 bits per heavy atom. The zero-order chi connectivity index (χ0) is 7.56. The third-order valence-electron chi connectivity index (χ3n) is 1.36. The van der Waals surface area contributed by atoms with Crippen molar-refractivity contribution < 1.29 is 19.1 Å². The molecule has 1 aliphatic heterocycles. The molecule has 10 heavy (non-hydrogen) atoms. The van der Waals surface area contributed by atoms with E-state index in [0.717, 1.165) is 4.90 Å². The number of halogens is 1. The molecule has 1 aliphatic rings. The third kappa shape index (κ3) is 1.07. The second-order valence-electron chi connectivity index (χ2n) is 1.99. The van der Waals surface area contributed by atoms with Crippen LogP contribution >= 0.6 is 0 Å². The number of hydrogen-bond acceptors (Lipinski definition) is 3. The molecule has 2 amide bonds. The second kappa shape index (κ2) is 2.64. The van der Waals surface area contributed by atoms with E-state index < -0.39 is 6.09 Å². The fourth-order valence-electron chi connectivity index (χ4n) is 0.883. The minimum atomic E-state index is -1.21. The van der Waals surface area contributed by atoms with Crippen molar-refractivity contribution in [3.05, 3.63) is 0 Å². The molecular formula is C5H6FNO3. The van der Waals surface area contributed by atoms with Gasteiger partial charge < -0.3 is 0 Å². The number of amides is 2. The Kier molecular flexibility index (Phi) is 1.84. The van der Waals surface area contributed by atoms with Crippen LogP contribution in [0.2, 0.25) is 0 Å². The van der Waals surface area contributed by atoms with Crippen LogP contribution in [-0.4, -0.2) is 23.4 Å². The predicted octanol–water partition coefficient (Wildman–Crippen LogP) is 0.630. The summed E-state index contributed by atoms with van der Waals surface area (Å²) in [5.74, 6) is -0.373. The van der Waals surface area contributed by atoms with Crippen molar-refractivity contribution in [2.75, 3.05) is 6.54 Å². The number of nitrogens with zero attached hydrogens (tertiary/aromatic N) is 1. The van der Waals surface area contributed by atoms with Crippen LogP contribution in [0.5, 0.6) is 0 Å². The topological polar surface area (TPSA) is 46.6 Å². The molecule has 1 saturated heterocycles. The summed E-state index contributed by atoms with van der Waals surface area (Å²) in [6, 6.07) is 0. The molecule has 1 heterocycles. The van der Waals surface area contributed by atoms with E-state index in [2.05, 4.69) is 4.94 Å². The van der Waals surface area contributed by atoms with Gasteiger partial charge in [-0.05, 0) is 6.42 Å². The van der Waals surface area contributed by atoms with Crippen molar-refractivity contribution in [3.63, 3.8) is 0 Å². The minimum Gasteiger partial charge on any atom is -0.274 e. The van der Waals surface area contributed by atoms with Gasteiger partial charge >= 0.3 is 6.09 Å². The summed E-state index contributed by atoms with van der Waals surface area (Å²) < 4.78 is 11.2. The summed E-state index contributed by atoms with van der Waals surface area (Å²) >= 11 is 0. The molecule has 5 heteroatoms. The molecule has 0 atom stereocenters. The van der Waals surface area contributed by atoms with E-state index in [9.17, 15) is 14.1 Å². The highest BCUT2D eigenvalue weighted by Crippen LogP contribution is 2.10. The second-order valence-corrected chi connectivity index (χ2v) is 1.99. The lowest BCUT2D eigenvalue weighted by Crippen LogP contribution is -2.30. The molecule has 0 spiro atoms. The summed E-state index contributed by atoms with van der Waals surface area (Å²) in [7, 11) is 0. The highest BCUT2D eigenvalue weighted by molar-refractivity contribution is 5.93. The molecule has 4 nitrogen and oxygen atoms in total. The fraction of sp³-hybridized carbons (Fsp3) is 0.600. The van der Waals surface area contributed by atoms with Crippen LogP contribution in [0.1, 0.15) is 12.8 Å². The van der Waals surface area contributed by atoms with Crippen LogP contribution in [0, 0.1) is 0 Å². The first-order chi connectivity index (χ1) is 4.75. The zero-order valence-electron chi connectivity index (χ0n) is 5.17. The van der Waals surface area contributed by atoms with Crippen LogP contribution in [0.4, 0.5) is 9.32 Å². The smallest absolute Gasteiger partial charge is 0.274 e. The number of imide groups is 1. The maximum Gasteiger partial charge on any atom is 0.453 e. The lowest BCUT2D eigenvalue weighted by molar-refractivity contribution is -0.131. The maximum absolute atomic E-state index is 11.2. The van der Waals surface area contributed by atoms with Gasteiger partial charge in [-0.25, -0.2) is 14.6 Å². The largest absolute Gasteiger partial charge is 0.453 e. The van der Waals surface area contributed by atoms with Gasteiger partial charge in [-0.15, -0.1) is 0 Å². The summed E-state index contributed by atoms with van der Waals surface area (Å²) in [5.41, 5.74) is 0. The third-order valence-corrected chi connectivity index (χ3v) is 1.36. The number of carbonyl (C=O) groups excluding carboxylic acids is 2. The van der Waals surface area contributed by atoms with Crippen molar-refractivity contribution in [3.8, 4) is 0 Å². The van der Waals surface area contributed by atoms with Crippen LogP contribution < -0.4 is 0 Å². The van der Waals surface area contributed by atoms with E-state index >= 15 is 0 Å². The Morgan fingerprint density at radius 2 is 2.40 bits per heavy atom. The quantitative estimate of drug-likeness (QED) is 0.504. The van der Waals surface area contributed by atoms with E-state index in [1.165, 1.54) is 0 Å². The molecular weight excluding hydrogens is 141 g/mol. The van der Waals surface area contributed by atoms with Gasteiger partial charge in [-0.1, -0.05) is 0 Å². The molecule has 0 bridgehead atoms. The summed E-state index contributed by atoms with van der Waals surface area (Å²) in [6.07, 6.45) is -0.314. The maximum atomic E-state index is 11.2. The van der Waals surface area contributed by atoms with Gasteiger partial charge in [0.05, 0.1) is 0 Å². The summed E-state index contributed by atoms with van der Waals surface area (Å²) in [5, 5.41) is 0. The van der Waals surface area contributed by atoms with Gasteiger partial charge in [0.2, 0.25) is 5.91 Å². The van der Waals surface area contributed by atoms with Gasteiger partial charge in [0.25, 0.3) is 0 Å². The molecule has 0 N–H and O–H groups in total. The van der Waals surface area contributed by atoms with Crippen molar-refractivity contribution in [1.29, 1.82) is 0 Å². The van der Waals surface area contributed by atoms with Crippen LogP contribution in [0.15, 0.2) is 0 Å². The van der Waals surface area contributed by atoms with Crippen LogP contribution in [-0.2, 0) is 9.74 Å². The molecule has 1 rings (SSSR count). The minimum absolute atomic E-state index is 0.265. The molecule has 0 unspecified atom stereocenters. The average molecular weight is 147 g/mol. The van der Waals surface area contributed by atoms with Crippen molar-refractivity contribution in [1.82, 2.24) is 4.90 Å². The Morgan fingerprint density at radius 1 is 1.70 bits per heavy atom. The first-order valence-electron chi connectivity index (χ1n) is 2.88. The SMILES string of the molecule is O=C1CCCN1C(=O)OF. The lowest BCUT2D eigenvalue weighted by atomic mass is 10.4. The summed E-state index contributed by atoms with van der Waals surface area (Å²) in [4.78, 5) is 24.6. The van der Waals surface area contributed by atoms with Gasteiger partial charge in [0.1, 0.15) is 0 Å². The number of carbonyl (C=O) groups is 2. The zero-order valence-corrected chi connectivity index (χ0v) is 5.17. The number of rotatable bonds is 0. The molecule has 0 aromatic heterocycles.